The Kier molecular flexibility index (Phi) is 11.9. The zero-order valence-corrected chi connectivity index (χ0v) is 27.7. The molecule has 0 aliphatic heterocycles. The first-order valence-corrected chi connectivity index (χ1v) is 15.9. The van der Waals surface area contributed by atoms with Gasteiger partial charge in [0.1, 0.15) is 18.3 Å². The third kappa shape index (κ3) is 8.15. The molecule has 0 fully saturated rings. The van der Waals surface area contributed by atoms with Gasteiger partial charge in [0.2, 0.25) is 11.8 Å². The molecular formula is C32H40ClN3O7S. The largest absolute Gasteiger partial charge is 0.495 e. The molecule has 0 saturated carbocycles. The van der Waals surface area contributed by atoms with E-state index in [1.54, 1.807) is 13.0 Å². The summed E-state index contributed by atoms with van der Waals surface area (Å²) in [5, 5.41) is 3.16. The maximum atomic E-state index is 14.3. The zero-order chi connectivity index (χ0) is 32.6. The Morgan fingerprint density at radius 1 is 0.886 bits per heavy atom. The second-order valence-electron chi connectivity index (χ2n) is 10.3. The van der Waals surface area contributed by atoms with Gasteiger partial charge >= 0.3 is 0 Å². The van der Waals surface area contributed by atoms with E-state index in [2.05, 4.69) is 5.32 Å². The van der Waals surface area contributed by atoms with Gasteiger partial charge < -0.3 is 24.4 Å². The lowest BCUT2D eigenvalue weighted by molar-refractivity contribution is -0.139. The number of methoxy groups -OCH3 is 3. The van der Waals surface area contributed by atoms with Gasteiger partial charge in [-0.2, -0.15) is 0 Å². The molecule has 1 N–H and O–H groups in total. The number of carbonyl (C=O) groups is 2. The van der Waals surface area contributed by atoms with Crippen LogP contribution in [0.3, 0.4) is 0 Å². The van der Waals surface area contributed by atoms with Crippen molar-refractivity contribution in [3.05, 3.63) is 76.8 Å². The van der Waals surface area contributed by atoms with E-state index in [1.165, 1.54) is 56.6 Å². The molecule has 10 nitrogen and oxygen atoms in total. The maximum Gasteiger partial charge on any atom is 0.265 e. The van der Waals surface area contributed by atoms with Crippen molar-refractivity contribution < 1.29 is 32.2 Å². The number of hydrogen-bond donors (Lipinski definition) is 1. The van der Waals surface area contributed by atoms with E-state index in [0.717, 1.165) is 15.4 Å². The maximum absolute atomic E-state index is 14.3. The second-order valence-corrected chi connectivity index (χ2v) is 12.6. The molecule has 0 aromatic heterocycles. The van der Waals surface area contributed by atoms with Crippen LogP contribution in [0.2, 0.25) is 5.02 Å². The molecule has 0 bridgehead atoms. The van der Waals surface area contributed by atoms with Crippen molar-refractivity contribution in [2.75, 3.05) is 32.2 Å². The molecule has 2 atom stereocenters. The molecule has 44 heavy (non-hydrogen) atoms. The molecule has 3 rings (SSSR count). The molecule has 238 valence electrons. The van der Waals surface area contributed by atoms with E-state index >= 15 is 0 Å². The molecule has 3 aromatic rings. The third-order valence-corrected chi connectivity index (χ3v) is 9.26. The Balaban J connectivity index is 2.14. The normalized spacial score (nSPS) is 12.5. The summed E-state index contributed by atoms with van der Waals surface area (Å²) in [5.41, 5.74) is 1.87. The fourth-order valence-electron chi connectivity index (χ4n) is 4.41. The van der Waals surface area contributed by atoms with Gasteiger partial charge in [-0.25, -0.2) is 8.42 Å². The second kappa shape index (κ2) is 15.2. The quantitative estimate of drug-likeness (QED) is 0.256. The average molecular weight is 646 g/mol. The predicted octanol–water partition coefficient (Wildman–Crippen LogP) is 5.20. The lowest BCUT2D eigenvalue weighted by Gasteiger charge is -2.33. The first-order chi connectivity index (χ1) is 20.9. The fourth-order valence-corrected chi connectivity index (χ4v) is 6.01. The Morgan fingerprint density at radius 2 is 1.50 bits per heavy atom. The van der Waals surface area contributed by atoms with Crippen LogP contribution in [-0.2, 0) is 26.2 Å². The Bertz CT molecular complexity index is 1560. The van der Waals surface area contributed by atoms with Gasteiger partial charge in [-0.15, -0.1) is 0 Å². The average Bonchev–Trinajstić information content (AvgIpc) is 3.02. The van der Waals surface area contributed by atoms with Gasteiger partial charge in [0.05, 0.1) is 31.9 Å². The fraction of sp³-hybridized carbons (Fsp3) is 0.375. The standard InChI is InChI=1S/C32H40ClN3O7S/c1-8-22(3)34-32(38)23(4)35(19-24-11-9-21(2)10-12-24)31(37)20-36(27-17-25(33)13-15-28(27)41-5)44(39,40)26-14-16-29(42-6)30(18-26)43-7/h9-18,22-23H,8,19-20H2,1-7H3,(H,34,38)/t22-,23+/m1/s1. The number of anilines is 1. The summed E-state index contributed by atoms with van der Waals surface area (Å²) >= 11 is 6.31. The van der Waals surface area contributed by atoms with Crippen LogP contribution in [0.5, 0.6) is 17.2 Å². The van der Waals surface area contributed by atoms with Gasteiger partial charge in [0.15, 0.2) is 11.5 Å². The Labute approximate surface area is 264 Å². The van der Waals surface area contributed by atoms with Crippen LogP contribution in [0, 0.1) is 6.92 Å². The van der Waals surface area contributed by atoms with Crippen molar-refractivity contribution in [2.45, 2.75) is 57.6 Å². The van der Waals surface area contributed by atoms with Crippen LogP contribution in [0.15, 0.2) is 65.6 Å². The summed E-state index contributed by atoms with van der Waals surface area (Å²) in [7, 11) is -0.204. The number of ether oxygens (including phenoxy) is 3. The summed E-state index contributed by atoms with van der Waals surface area (Å²) < 4.78 is 45.6. The minimum absolute atomic E-state index is 0.0510. The lowest BCUT2D eigenvalue weighted by atomic mass is 10.1. The number of hydrogen-bond acceptors (Lipinski definition) is 7. The number of benzene rings is 3. The highest BCUT2D eigenvalue weighted by atomic mass is 35.5. The number of rotatable bonds is 14. The molecule has 3 aromatic carbocycles. The number of carbonyl (C=O) groups excluding carboxylic acids is 2. The molecule has 0 aliphatic carbocycles. The van der Waals surface area contributed by atoms with Crippen molar-refractivity contribution in [2.24, 2.45) is 0 Å². The summed E-state index contributed by atoms with van der Waals surface area (Å²) in [6.45, 7) is 6.81. The SMILES string of the molecule is CC[C@@H](C)NC(=O)[C@H](C)N(Cc1ccc(C)cc1)C(=O)CN(c1cc(Cl)ccc1OC)S(=O)(=O)c1ccc(OC)c(OC)c1. The van der Waals surface area contributed by atoms with Crippen molar-refractivity contribution in [1.82, 2.24) is 10.2 Å². The first-order valence-electron chi connectivity index (χ1n) is 14.1. The Hall–Kier alpha value is -3.96. The van der Waals surface area contributed by atoms with E-state index in [4.69, 9.17) is 25.8 Å². The van der Waals surface area contributed by atoms with Crippen molar-refractivity contribution in [1.29, 1.82) is 0 Å². The topological polar surface area (TPSA) is 114 Å². The van der Waals surface area contributed by atoms with Gasteiger partial charge in [0, 0.05) is 23.7 Å². The van der Waals surface area contributed by atoms with Crippen LogP contribution in [-0.4, -0.2) is 65.1 Å². The van der Waals surface area contributed by atoms with Crippen LogP contribution in [0.1, 0.15) is 38.3 Å². The number of nitrogens with one attached hydrogen (secondary N) is 1. The molecule has 0 unspecified atom stereocenters. The number of aryl methyl sites for hydroxylation is 1. The summed E-state index contributed by atoms with van der Waals surface area (Å²) in [6, 6.07) is 15.2. The predicted molar refractivity (Wildman–Crippen MR) is 171 cm³/mol. The van der Waals surface area contributed by atoms with E-state index in [1.807, 2.05) is 45.0 Å². The van der Waals surface area contributed by atoms with Crippen LogP contribution in [0.25, 0.3) is 0 Å². The van der Waals surface area contributed by atoms with E-state index in [9.17, 15) is 18.0 Å². The van der Waals surface area contributed by atoms with Gasteiger partial charge in [-0.1, -0.05) is 48.4 Å². The molecule has 0 spiro atoms. The van der Waals surface area contributed by atoms with E-state index < -0.39 is 28.5 Å². The monoisotopic (exact) mass is 645 g/mol. The molecule has 0 saturated heterocycles. The number of nitrogens with zero attached hydrogens (tertiary/aromatic N) is 2. The molecule has 0 radical (unpaired) electrons. The first kappa shape index (κ1) is 34.5. The number of amides is 2. The summed E-state index contributed by atoms with van der Waals surface area (Å²) in [6.07, 6.45) is 0.705. The molecular weight excluding hydrogens is 606 g/mol. The minimum atomic E-state index is -4.43. The van der Waals surface area contributed by atoms with E-state index in [-0.39, 0.29) is 45.6 Å². The summed E-state index contributed by atoms with van der Waals surface area (Å²) in [5.74, 6) is -0.258. The van der Waals surface area contributed by atoms with Crippen LogP contribution >= 0.6 is 11.6 Å². The highest BCUT2D eigenvalue weighted by molar-refractivity contribution is 7.92. The summed E-state index contributed by atoms with van der Waals surface area (Å²) in [4.78, 5) is 28.7. The molecule has 0 aliphatic rings. The molecule has 12 heteroatoms. The van der Waals surface area contributed by atoms with Crippen LogP contribution < -0.4 is 23.8 Å². The Morgan fingerprint density at radius 3 is 2.09 bits per heavy atom. The number of sulfonamides is 1. The van der Waals surface area contributed by atoms with Crippen molar-refractivity contribution in [3.63, 3.8) is 0 Å². The lowest BCUT2D eigenvalue weighted by Crippen LogP contribution is -2.52. The van der Waals surface area contributed by atoms with Gasteiger partial charge in [-0.05, 0) is 63.1 Å². The van der Waals surface area contributed by atoms with Crippen LogP contribution in [0.4, 0.5) is 5.69 Å². The van der Waals surface area contributed by atoms with Gasteiger partial charge in [0.25, 0.3) is 10.0 Å². The zero-order valence-electron chi connectivity index (χ0n) is 26.1. The van der Waals surface area contributed by atoms with E-state index in [0.29, 0.717) is 12.2 Å². The molecule has 0 heterocycles. The number of halogens is 1. The van der Waals surface area contributed by atoms with Crippen molar-refractivity contribution in [3.8, 4) is 17.2 Å². The highest BCUT2D eigenvalue weighted by Gasteiger charge is 2.34. The minimum Gasteiger partial charge on any atom is -0.495 e. The van der Waals surface area contributed by atoms with Gasteiger partial charge in [-0.3, -0.25) is 13.9 Å². The third-order valence-electron chi connectivity index (χ3n) is 7.27. The smallest absolute Gasteiger partial charge is 0.265 e. The van der Waals surface area contributed by atoms with Crippen molar-refractivity contribution >= 4 is 39.1 Å². The molecule has 2 amide bonds. The highest BCUT2D eigenvalue weighted by Crippen LogP contribution is 2.37.